The van der Waals surface area contributed by atoms with Gasteiger partial charge in [0, 0.05) is 11.6 Å². The first-order valence-corrected chi connectivity index (χ1v) is 5.61. The Hall–Kier alpha value is -1.51. The van der Waals surface area contributed by atoms with Gasteiger partial charge < -0.3 is 10.6 Å². The molecule has 2 atom stereocenters. The number of aryl methyl sites for hydroxylation is 1. The van der Waals surface area contributed by atoms with E-state index in [9.17, 15) is 0 Å². The summed E-state index contributed by atoms with van der Waals surface area (Å²) >= 11 is 0. The van der Waals surface area contributed by atoms with Gasteiger partial charge in [-0.05, 0) is 36.1 Å². The van der Waals surface area contributed by atoms with Crippen molar-refractivity contribution in [3.05, 3.63) is 29.3 Å². The normalized spacial score (nSPS) is 30.0. The molecule has 2 N–H and O–H groups in total. The maximum atomic E-state index is 4.49. The lowest BCUT2D eigenvalue weighted by Gasteiger charge is -2.18. The Labute approximate surface area is 88.6 Å². The van der Waals surface area contributed by atoms with E-state index in [1.807, 2.05) is 0 Å². The molecule has 0 aromatic heterocycles. The number of rotatable bonds is 0. The number of benzene rings is 1. The van der Waals surface area contributed by atoms with Crippen molar-refractivity contribution in [3.8, 4) is 0 Å². The summed E-state index contributed by atoms with van der Waals surface area (Å²) < 4.78 is 0. The minimum atomic E-state index is 0.510. The van der Waals surface area contributed by atoms with Crippen LogP contribution in [0.5, 0.6) is 0 Å². The average Bonchev–Trinajstić information content (AvgIpc) is 2.85. The maximum absolute atomic E-state index is 4.49. The van der Waals surface area contributed by atoms with Gasteiger partial charge in [-0.3, -0.25) is 4.99 Å². The number of nitrogens with zero attached hydrogens (tertiary/aromatic N) is 1. The monoisotopic (exact) mass is 199 g/mol. The molecule has 0 saturated heterocycles. The number of fused-ring (bicyclic) bond motifs is 1. The van der Waals surface area contributed by atoms with Crippen LogP contribution in [0.4, 0.5) is 5.69 Å². The number of hydrogen-bond acceptors (Lipinski definition) is 3. The summed E-state index contributed by atoms with van der Waals surface area (Å²) in [7, 11) is 0. The Morgan fingerprint density at radius 3 is 3.33 bits per heavy atom. The molecule has 15 heavy (non-hydrogen) atoms. The first kappa shape index (κ1) is 7.74. The van der Waals surface area contributed by atoms with E-state index in [0.29, 0.717) is 12.0 Å². The highest BCUT2D eigenvalue weighted by atomic mass is 15.2. The second-order valence-electron chi connectivity index (χ2n) is 4.62. The molecule has 0 fully saturated rings. The third-order valence-corrected chi connectivity index (χ3v) is 3.78. The molecule has 0 spiro atoms. The molecular weight excluding hydrogens is 186 g/mol. The van der Waals surface area contributed by atoms with Gasteiger partial charge in [-0.1, -0.05) is 6.07 Å². The fourth-order valence-electron chi connectivity index (χ4n) is 3.04. The van der Waals surface area contributed by atoms with Gasteiger partial charge in [-0.25, -0.2) is 0 Å². The average molecular weight is 199 g/mol. The highest BCUT2D eigenvalue weighted by Gasteiger charge is 2.34. The van der Waals surface area contributed by atoms with Crippen molar-refractivity contribution < 1.29 is 0 Å². The SMILES string of the molecule is c1cc2c3cc1NC1=NCC(N1)C2CC3. The Kier molecular flexibility index (Phi) is 1.31. The minimum Gasteiger partial charge on any atom is -0.351 e. The zero-order chi connectivity index (χ0) is 9.83. The van der Waals surface area contributed by atoms with Crippen LogP contribution in [-0.2, 0) is 6.42 Å². The van der Waals surface area contributed by atoms with Crippen LogP contribution in [0.25, 0.3) is 0 Å². The molecule has 76 valence electrons. The lowest BCUT2D eigenvalue weighted by atomic mass is 9.93. The van der Waals surface area contributed by atoms with Crippen LogP contribution in [0.3, 0.4) is 0 Å². The van der Waals surface area contributed by atoms with Crippen molar-refractivity contribution in [3.63, 3.8) is 0 Å². The number of nitrogens with one attached hydrogen (secondary N) is 2. The second-order valence-corrected chi connectivity index (χ2v) is 4.62. The standard InChI is InChI=1S/C12H13N3/c1-3-10-9-4-2-8(5-7(1)9)14-12-13-6-11(10)15-12/h2,4-5,10-11H,1,3,6H2,(H2,13,14,15). The minimum absolute atomic E-state index is 0.510. The van der Waals surface area contributed by atoms with E-state index in [4.69, 9.17) is 0 Å². The molecule has 2 unspecified atom stereocenters. The van der Waals surface area contributed by atoms with Crippen LogP contribution in [0, 0.1) is 0 Å². The largest absolute Gasteiger partial charge is 0.351 e. The predicted molar refractivity (Wildman–Crippen MR) is 60.4 cm³/mol. The van der Waals surface area contributed by atoms with E-state index >= 15 is 0 Å². The molecule has 4 aliphatic rings. The second kappa shape index (κ2) is 2.54. The van der Waals surface area contributed by atoms with Gasteiger partial charge in [0.25, 0.3) is 0 Å². The van der Waals surface area contributed by atoms with Crippen LogP contribution in [0.2, 0.25) is 0 Å². The van der Waals surface area contributed by atoms with Crippen LogP contribution >= 0.6 is 0 Å². The topological polar surface area (TPSA) is 36.4 Å². The van der Waals surface area contributed by atoms with Gasteiger partial charge in [0.2, 0.25) is 0 Å². The van der Waals surface area contributed by atoms with E-state index in [-0.39, 0.29) is 0 Å². The quantitative estimate of drug-likeness (QED) is 0.664. The third kappa shape index (κ3) is 0.978. The van der Waals surface area contributed by atoms with Crippen LogP contribution in [0.15, 0.2) is 23.2 Å². The van der Waals surface area contributed by atoms with Crippen molar-refractivity contribution in [1.29, 1.82) is 0 Å². The highest BCUT2D eigenvalue weighted by Crippen LogP contribution is 2.38. The Morgan fingerprint density at radius 1 is 1.33 bits per heavy atom. The van der Waals surface area contributed by atoms with Crippen molar-refractivity contribution in [2.45, 2.75) is 24.8 Å². The van der Waals surface area contributed by atoms with E-state index in [2.05, 4.69) is 33.8 Å². The van der Waals surface area contributed by atoms with Crippen LogP contribution < -0.4 is 10.6 Å². The molecule has 1 aromatic rings. The first-order chi connectivity index (χ1) is 7.40. The lowest BCUT2D eigenvalue weighted by Crippen LogP contribution is -2.37. The summed E-state index contributed by atoms with van der Waals surface area (Å²) in [6, 6.07) is 7.25. The van der Waals surface area contributed by atoms with Crippen molar-refractivity contribution in [1.82, 2.24) is 5.32 Å². The third-order valence-electron chi connectivity index (χ3n) is 3.78. The highest BCUT2D eigenvalue weighted by molar-refractivity contribution is 5.95. The molecule has 0 amide bonds. The summed E-state index contributed by atoms with van der Waals surface area (Å²) in [4.78, 5) is 4.49. The Balaban J connectivity index is 1.94. The number of hydrogen-bond donors (Lipinski definition) is 2. The lowest BCUT2D eigenvalue weighted by molar-refractivity contribution is 0.518. The molecule has 3 nitrogen and oxygen atoms in total. The summed E-state index contributed by atoms with van der Waals surface area (Å²) in [6.45, 7) is 0.922. The Bertz CT molecular complexity index is 464. The fraction of sp³-hybridized carbons (Fsp3) is 0.417. The number of guanidine groups is 1. The molecule has 0 saturated carbocycles. The summed E-state index contributed by atoms with van der Waals surface area (Å²) in [5, 5.41) is 6.82. The molecule has 3 aliphatic heterocycles. The summed E-state index contributed by atoms with van der Waals surface area (Å²) in [5.74, 6) is 1.61. The molecule has 6 bridgehead atoms. The summed E-state index contributed by atoms with van der Waals surface area (Å²) in [5.41, 5.74) is 4.24. The van der Waals surface area contributed by atoms with E-state index in [1.54, 1.807) is 0 Å². The van der Waals surface area contributed by atoms with Gasteiger partial charge >= 0.3 is 0 Å². The van der Waals surface area contributed by atoms with Crippen LogP contribution in [0.1, 0.15) is 23.5 Å². The first-order valence-electron chi connectivity index (χ1n) is 5.61. The zero-order valence-corrected chi connectivity index (χ0v) is 8.46. The van der Waals surface area contributed by atoms with Gasteiger partial charge in [0.05, 0.1) is 12.6 Å². The van der Waals surface area contributed by atoms with Gasteiger partial charge in [-0.15, -0.1) is 0 Å². The van der Waals surface area contributed by atoms with Gasteiger partial charge in [0.15, 0.2) is 5.96 Å². The summed E-state index contributed by atoms with van der Waals surface area (Å²) in [6.07, 6.45) is 2.50. The maximum Gasteiger partial charge on any atom is 0.196 e. The molecule has 3 heterocycles. The smallest absolute Gasteiger partial charge is 0.196 e. The van der Waals surface area contributed by atoms with Crippen molar-refractivity contribution in [2.24, 2.45) is 4.99 Å². The zero-order valence-electron chi connectivity index (χ0n) is 8.46. The Morgan fingerprint density at radius 2 is 2.33 bits per heavy atom. The molecule has 1 aliphatic carbocycles. The molecule has 5 rings (SSSR count). The van der Waals surface area contributed by atoms with Gasteiger partial charge in [-0.2, -0.15) is 0 Å². The number of aliphatic imine (C=N–C) groups is 1. The molecule has 1 aromatic carbocycles. The predicted octanol–water partition coefficient (Wildman–Crippen LogP) is 1.47. The van der Waals surface area contributed by atoms with E-state index in [0.717, 1.165) is 12.5 Å². The molecule has 0 radical (unpaired) electrons. The van der Waals surface area contributed by atoms with E-state index in [1.165, 1.54) is 29.7 Å². The van der Waals surface area contributed by atoms with E-state index < -0.39 is 0 Å². The molecular formula is C12H13N3. The van der Waals surface area contributed by atoms with Crippen molar-refractivity contribution >= 4 is 11.6 Å². The van der Waals surface area contributed by atoms with Crippen molar-refractivity contribution in [2.75, 3.05) is 11.9 Å². The fourth-order valence-corrected chi connectivity index (χ4v) is 3.04. The number of anilines is 1. The van der Waals surface area contributed by atoms with Gasteiger partial charge in [0.1, 0.15) is 0 Å². The molecule has 3 heteroatoms. The van der Waals surface area contributed by atoms with Crippen LogP contribution in [-0.4, -0.2) is 18.5 Å².